The van der Waals surface area contributed by atoms with Crippen molar-refractivity contribution in [3.05, 3.63) is 28.8 Å². The van der Waals surface area contributed by atoms with E-state index in [0.717, 1.165) is 25.4 Å². The Morgan fingerprint density at radius 1 is 1.35 bits per heavy atom. The number of quaternary nitrogens is 1. The molecule has 26 heavy (non-hydrogen) atoms. The van der Waals surface area contributed by atoms with Crippen molar-refractivity contribution in [2.75, 3.05) is 31.1 Å². The fourth-order valence-electron chi connectivity index (χ4n) is 4.01. The molecule has 2 N–H and O–H groups in total. The third-order valence-electron chi connectivity index (χ3n) is 5.61. The molecule has 2 saturated heterocycles. The van der Waals surface area contributed by atoms with Crippen molar-refractivity contribution in [1.29, 1.82) is 0 Å². The lowest BCUT2D eigenvalue weighted by atomic mass is 10.0. The van der Waals surface area contributed by atoms with Gasteiger partial charge in [-0.2, -0.15) is 0 Å². The van der Waals surface area contributed by atoms with Crippen LogP contribution >= 0.6 is 11.6 Å². The minimum atomic E-state index is -0.101. The molecule has 0 aromatic heterocycles. The Kier molecular flexibility index (Phi) is 6.54. The average molecular weight is 379 g/mol. The number of likely N-dealkylation sites (tertiary alicyclic amines) is 1. The number of benzene rings is 1. The maximum atomic E-state index is 12.5. The van der Waals surface area contributed by atoms with E-state index in [1.54, 1.807) is 28.0 Å². The Morgan fingerprint density at radius 3 is 2.92 bits per heavy atom. The highest BCUT2D eigenvalue weighted by molar-refractivity contribution is 6.34. The third-order valence-corrected chi connectivity index (χ3v) is 5.93. The van der Waals surface area contributed by atoms with Crippen LogP contribution in [-0.2, 0) is 4.79 Å². The molecule has 0 bridgehead atoms. The number of piperidine rings is 1. The largest absolute Gasteiger partial charge is 0.352 e. The number of carbonyl (C=O) groups excluding carboxylic acids is 2. The summed E-state index contributed by atoms with van der Waals surface area (Å²) in [6.45, 7) is 6.02. The molecule has 1 aromatic rings. The van der Waals surface area contributed by atoms with Gasteiger partial charge in [0.2, 0.25) is 5.91 Å². The van der Waals surface area contributed by atoms with E-state index < -0.39 is 0 Å². The van der Waals surface area contributed by atoms with Gasteiger partial charge >= 0.3 is 0 Å². The van der Waals surface area contributed by atoms with Crippen LogP contribution < -0.4 is 15.1 Å². The summed E-state index contributed by atoms with van der Waals surface area (Å²) in [7, 11) is 0. The van der Waals surface area contributed by atoms with Crippen LogP contribution in [0.4, 0.5) is 5.69 Å². The van der Waals surface area contributed by atoms with Gasteiger partial charge in [-0.05, 0) is 50.8 Å². The first-order valence-electron chi connectivity index (χ1n) is 9.79. The molecule has 0 radical (unpaired) electrons. The van der Waals surface area contributed by atoms with E-state index in [1.807, 2.05) is 0 Å². The molecular formula is C20H29ClN3O2+. The number of hydrogen-bond donors (Lipinski definition) is 2. The lowest BCUT2D eigenvalue weighted by Gasteiger charge is -2.30. The Morgan fingerprint density at radius 2 is 2.19 bits per heavy atom. The predicted molar refractivity (Wildman–Crippen MR) is 104 cm³/mol. The van der Waals surface area contributed by atoms with Crippen molar-refractivity contribution >= 4 is 29.1 Å². The highest BCUT2D eigenvalue weighted by Crippen LogP contribution is 2.30. The Balaban J connectivity index is 1.52. The second-order valence-electron chi connectivity index (χ2n) is 7.48. The highest BCUT2D eigenvalue weighted by Gasteiger charge is 2.24. The van der Waals surface area contributed by atoms with Crippen LogP contribution in [0, 0.1) is 0 Å². The molecule has 0 aliphatic carbocycles. The number of rotatable bonds is 6. The number of nitrogens with zero attached hydrogens (tertiary/aromatic N) is 1. The van der Waals surface area contributed by atoms with Gasteiger partial charge in [-0.25, -0.2) is 0 Å². The van der Waals surface area contributed by atoms with Crippen LogP contribution in [-0.4, -0.2) is 44.0 Å². The summed E-state index contributed by atoms with van der Waals surface area (Å²) in [5.74, 6) is -0.0284. The molecule has 1 unspecified atom stereocenters. The summed E-state index contributed by atoms with van der Waals surface area (Å²) in [4.78, 5) is 27.8. The summed E-state index contributed by atoms with van der Waals surface area (Å²) in [5, 5.41) is 3.52. The lowest BCUT2D eigenvalue weighted by Crippen LogP contribution is -3.16. The van der Waals surface area contributed by atoms with E-state index in [9.17, 15) is 9.59 Å². The van der Waals surface area contributed by atoms with Crippen molar-refractivity contribution in [2.45, 2.75) is 51.5 Å². The summed E-state index contributed by atoms with van der Waals surface area (Å²) in [6, 6.07) is 5.89. The normalized spacial score (nSPS) is 23.3. The molecule has 3 rings (SSSR count). The summed E-state index contributed by atoms with van der Waals surface area (Å²) >= 11 is 6.24. The molecule has 2 fully saturated rings. The smallest absolute Gasteiger partial charge is 0.251 e. The number of carbonyl (C=O) groups is 2. The van der Waals surface area contributed by atoms with Crippen molar-refractivity contribution in [2.24, 2.45) is 0 Å². The minimum Gasteiger partial charge on any atom is -0.352 e. The van der Waals surface area contributed by atoms with Gasteiger partial charge in [-0.1, -0.05) is 11.6 Å². The van der Waals surface area contributed by atoms with Crippen molar-refractivity contribution < 1.29 is 14.5 Å². The second-order valence-corrected chi connectivity index (χ2v) is 7.89. The maximum absolute atomic E-state index is 12.5. The van der Waals surface area contributed by atoms with E-state index in [4.69, 9.17) is 11.6 Å². The molecule has 142 valence electrons. The molecule has 2 atom stereocenters. The lowest BCUT2D eigenvalue weighted by molar-refractivity contribution is -0.928. The van der Waals surface area contributed by atoms with E-state index in [1.165, 1.54) is 25.8 Å². The van der Waals surface area contributed by atoms with Crippen molar-refractivity contribution in [3.63, 3.8) is 0 Å². The van der Waals surface area contributed by atoms with Crippen LogP contribution in [0.5, 0.6) is 0 Å². The average Bonchev–Trinajstić information content (AvgIpc) is 3.06. The molecule has 2 aliphatic rings. The standard InChI is InChI=1S/C20H28ClN3O2/c1-15-6-2-3-11-23(15)12-5-10-22-20(26)16-8-9-17(21)18(14-16)24-13-4-7-19(24)25/h8-9,14-15H,2-7,10-13H2,1H3,(H,22,26)/p+1/t15-/m1/s1. The highest BCUT2D eigenvalue weighted by atomic mass is 35.5. The van der Waals surface area contributed by atoms with Crippen LogP contribution in [0.1, 0.15) is 55.8 Å². The van der Waals surface area contributed by atoms with Gasteiger partial charge in [-0.15, -0.1) is 0 Å². The molecule has 6 heteroatoms. The SMILES string of the molecule is C[C@@H]1CCCC[NH+]1CCCNC(=O)c1ccc(Cl)c(N2CCCC2=O)c1. The van der Waals surface area contributed by atoms with Gasteiger partial charge < -0.3 is 15.1 Å². The van der Waals surface area contributed by atoms with Gasteiger partial charge in [0, 0.05) is 31.5 Å². The number of amides is 2. The van der Waals surface area contributed by atoms with Crippen LogP contribution in [0.3, 0.4) is 0 Å². The number of nitrogens with one attached hydrogen (secondary N) is 2. The van der Waals surface area contributed by atoms with Crippen LogP contribution in [0.25, 0.3) is 0 Å². The number of halogens is 1. The second kappa shape index (κ2) is 8.87. The van der Waals surface area contributed by atoms with Crippen molar-refractivity contribution in [1.82, 2.24) is 5.32 Å². The van der Waals surface area contributed by atoms with Crippen LogP contribution in [0.2, 0.25) is 5.02 Å². The Bertz CT molecular complexity index is 664. The van der Waals surface area contributed by atoms with E-state index in [0.29, 0.717) is 35.8 Å². The first-order valence-corrected chi connectivity index (χ1v) is 10.2. The van der Waals surface area contributed by atoms with E-state index in [-0.39, 0.29) is 11.8 Å². The molecule has 0 spiro atoms. The summed E-state index contributed by atoms with van der Waals surface area (Å²) in [6.07, 6.45) is 6.34. The van der Waals surface area contributed by atoms with E-state index in [2.05, 4.69) is 12.2 Å². The molecule has 5 nitrogen and oxygen atoms in total. The maximum Gasteiger partial charge on any atom is 0.251 e. The topological polar surface area (TPSA) is 53.9 Å². The molecular weight excluding hydrogens is 350 g/mol. The van der Waals surface area contributed by atoms with E-state index >= 15 is 0 Å². The molecule has 2 amide bonds. The summed E-state index contributed by atoms with van der Waals surface area (Å²) < 4.78 is 0. The Labute approximate surface area is 160 Å². The zero-order valence-electron chi connectivity index (χ0n) is 15.5. The minimum absolute atomic E-state index is 0.0723. The van der Waals surface area contributed by atoms with Gasteiger partial charge in [0.05, 0.1) is 29.8 Å². The quantitative estimate of drug-likeness (QED) is 0.744. The molecule has 2 aliphatic heterocycles. The first-order chi connectivity index (χ1) is 12.6. The monoisotopic (exact) mass is 378 g/mol. The zero-order chi connectivity index (χ0) is 18.5. The fraction of sp³-hybridized carbons (Fsp3) is 0.600. The number of hydrogen-bond acceptors (Lipinski definition) is 2. The zero-order valence-corrected chi connectivity index (χ0v) is 16.3. The van der Waals surface area contributed by atoms with Gasteiger partial charge in [0.25, 0.3) is 5.91 Å². The van der Waals surface area contributed by atoms with Gasteiger partial charge in [0.15, 0.2) is 0 Å². The van der Waals surface area contributed by atoms with Crippen molar-refractivity contribution in [3.8, 4) is 0 Å². The fourth-order valence-corrected chi connectivity index (χ4v) is 4.23. The predicted octanol–water partition coefficient (Wildman–Crippen LogP) is 2.04. The van der Waals surface area contributed by atoms with Crippen LogP contribution in [0.15, 0.2) is 18.2 Å². The number of anilines is 1. The van der Waals surface area contributed by atoms with Gasteiger partial charge in [-0.3, -0.25) is 9.59 Å². The van der Waals surface area contributed by atoms with Gasteiger partial charge in [0.1, 0.15) is 0 Å². The first kappa shape index (κ1) is 19.2. The molecule has 2 heterocycles. The third kappa shape index (κ3) is 4.57. The summed E-state index contributed by atoms with van der Waals surface area (Å²) in [5.41, 5.74) is 1.20. The Hall–Kier alpha value is -1.59. The molecule has 1 aromatic carbocycles. The molecule has 0 saturated carbocycles.